The molecule has 1 saturated heterocycles. The van der Waals surface area contributed by atoms with E-state index in [4.69, 9.17) is 9.47 Å². The predicted molar refractivity (Wildman–Crippen MR) is 101 cm³/mol. The molecule has 0 radical (unpaired) electrons. The summed E-state index contributed by atoms with van der Waals surface area (Å²) >= 11 is 0. The molecule has 6 heteroatoms. The Bertz CT molecular complexity index is 1200. The van der Waals surface area contributed by atoms with Gasteiger partial charge in [0.1, 0.15) is 12.2 Å². The molecule has 146 valence electrons. The standard InChI is InChI=1S/C24H14O6/c25-19-9-3-1-2-4-10(9)20(26)12-6-14-13(5-11(12)19)21-15-7-17-18(24(28)30-23(17)27)8-16(15)22(14)29-21/h1-6,17-18,21-22H,7-8H2. The van der Waals surface area contributed by atoms with Gasteiger partial charge in [-0.2, -0.15) is 0 Å². The SMILES string of the molecule is O=C1c2ccccc2C(=O)c2cc3c(cc21)C1OC3C2=C1CC1C(=O)OC(=O)C1C2. The molecule has 4 unspecified atom stereocenters. The van der Waals surface area contributed by atoms with E-state index in [9.17, 15) is 19.2 Å². The maximum absolute atomic E-state index is 13.1. The van der Waals surface area contributed by atoms with Gasteiger partial charge in [0.25, 0.3) is 0 Å². The van der Waals surface area contributed by atoms with Crippen molar-refractivity contribution in [3.63, 3.8) is 0 Å². The van der Waals surface area contributed by atoms with Gasteiger partial charge in [-0.05, 0) is 47.2 Å². The van der Waals surface area contributed by atoms with Gasteiger partial charge < -0.3 is 9.47 Å². The monoisotopic (exact) mass is 398 g/mol. The van der Waals surface area contributed by atoms with Crippen LogP contribution in [0.2, 0.25) is 0 Å². The number of hydrogen-bond donors (Lipinski definition) is 0. The summed E-state index contributed by atoms with van der Waals surface area (Å²) in [7, 11) is 0. The molecule has 6 nitrogen and oxygen atoms in total. The van der Waals surface area contributed by atoms with E-state index in [1.165, 1.54) is 0 Å². The highest BCUT2D eigenvalue weighted by Gasteiger charge is 2.55. The molecular weight excluding hydrogens is 384 g/mol. The number of ether oxygens (including phenoxy) is 2. The Morgan fingerprint density at radius 3 is 1.60 bits per heavy atom. The summed E-state index contributed by atoms with van der Waals surface area (Å²) in [5.74, 6) is -2.13. The van der Waals surface area contributed by atoms with Crippen LogP contribution in [0.5, 0.6) is 0 Å². The Morgan fingerprint density at radius 1 is 0.667 bits per heavy atom. The fraction of sp³-hybridized carbons (Fsp3) is 0.250. The molecule has 3 heterocycles. The van der Waals surface area contributed by atoms with Gasteiger partial charge >= 0.3 is 11.9 Å². The smallest absolute Gasteiger partial charge is 0.317 e. The molecule has 4 atom stereocenters. The number of cyclic esters (lactones) is 2. The van der Waals surface area contributed by atoms with E-state index in [0.717, 1.165) is 22.3 Å². The zero-order chi connectivity index (χ0) is 20.3. The largest absolute Gasteiger partial charge is 0.393 e. The second-order valence-corrected chi connectivity index (χ2v) is 8.54. The number of hydrogen-bond acceptors (Lipinski definition) is 6. The maximum Gasteiger partial charge on any atom is 0.317 e. The van der Waals surface area contributed by atoms with Gasteiger partial charge in [-0.25, -0.2) is 0 Å². The van der Waals surface area contributed by atoms with Crippen molar-refractivity contribution in [2.45, 2.75) is 25.0 Å². The van der Waals surface area contributed by atoms with Crippen molar-refractivity contribution in [1.82, 2.24) is 0 Å². The molecule has 0 aromatic heterocycles. The first kappa shape index (κ1) is 16.4. The van der Waals surface area contributed by atoms with Gasteiger partial charge in [-0.15, -0.1) is 0 Å². The first-order valence-electron chi connectivity index (χ1n) is 10.0. The highest BCUT2D eigenvalue weighted by Crippen LogP contribution is 2.60. The molecule has 0 N–H and O–H groups in total. The zero-order valence-electron chi connectivity index (χ0n) is 15.6. The quantitative estimate of drug-likeness (QED) is 0.329. The van der Waals surface area contributed by atoms with Crippen molar-refractivity contribution in [2.24, 2.45) is 11.8 Å². The Hall–Kier alpha value is -3.38. The molecule has 2 aromatic rings. The van der Waals surface area contributed by atoms with Crippen LogP contribution >= 0.6 is 0 Å². The Balaban J connectivity index is 1.36. The van der Waals surface area contributed by atoms with Crippen LogP contribution in [-0.2, 0) is 19.1 Å². The summed E-state index contributed by atoms with van der Waals surface area (Å²) in [4.78, 5) is 50.3. The number of rotatable bonds is 0. The number of esters is 2. The van der Waals surface area contributed by atoms with Crippen LogP contribution in [0.1, 0.15) is 68.0 Å². The lowest BCUT2D eigenvalue weighted by Crippen LogP contribution is -2.27. The minimum atomic E-state index is -0.456. The van der Waals surface area contributed by atoms with E-state index < -0.39 is 23.8 Å². The molecular formula is C24H14O6. The average molecular weight is 398 g/mol. The van der Waals surface area contributed by atoms with E-state index in [2.05, 4.69) is 0 Å². The lowest BCUT2D eigenvalue weighted by atomic mass is 9.70. The van der Waals surface area contributed by atoms with Crippen LogP contribution in [0, 0.1) is 11.8 Å². The summed E-state index contributed by atoms with van der Waals surface area (Å²) < 4.78 is 11.1. The third kappa shape index (κ3) is 1.79. The highest BCUT2D eigenvalue weighted by molar-refractivity contribution is 6.28. The highest BCUT2D eigenvalue weighted by atomic mass is 16.6. The van der Waals surface area contributed by atoms with Crippen LogP contribution in [0.3, 0.4) is 0 Å². The normalized spacial score (nSPS) is 30.0. The second kappa shape index (κ2) is 5.21. The fourth-order valence-electron chi connectivity index (χ4n) is 5.77. The molecule has 30 heavy (non-hydrogen) atoms. The van der Waals surface area contributed by atoms with Crippen molar-refractivity contribution in [3.8, 4) is 0 Å². The van der Waals surface area contributed by atoms with E-state index in [1.807, 2.05) is 0 Å². The molecule has 0 spiro atoms. The molecule has 0 saturated carbocycles. The van der Waals surface area contributed by atoms with Gasteiger partial charge in [-0.3, -0.25) is 19.2 Å². The number of carbonyl (C=O) groups is 4. The third-order valence-electron chi connectivity index (χ3n) is 7.18. The fourth-order valence-corrected chi connectivity index (χ4v) is 5.77. The molecule has 3 aliphatic heterocycles. The van der Waals surface area contributed by atoms with Crippen molar-refractivity contribution in [3.05, 3.63) is 80.9 Å². The average Bonchev–Trinajstić information content (AvgIpc) is 3.40. The van der Waals surface area contributed by atoms with Crippen LogP contribution in [-0.4, -0.2) is 23.5 Å². The summed E-state index contributed by atoms with van der Waals surface area (Å²) in [5.41, 5.74) is 5.46. The van der Waals surface area contributed by atoms with Crippen molar-refractivity contribution in [1.29, 1.82) is 0 Å². The first-order valence-corrected chi connectivity index (χ1v) is 10.0. The molecule has 2 bridgehead atoms. The first-order chi connectivity index (χ1) is 14.5. The molecule has 7 rings (SSSR count). The number of ketones is 2. The van der Waals surface area contributed by atoms with E-state index >= 15 is 0 Å². The van der Waals surface area contributed by atoms with Gasteiger partial charge in [-0.1, -0.05) is 24.3 Å². The van der Waals surface area contributed by atoms with E-state index in [0.29, 0.717) is 35.1 Å². The molecule has 0 amide bonds. The molecule has 2 aliphatic carbocycles. The van der Waals surface area contributed by atoms with Gasteiger partial charge in [0.15, 0.2) is 11.6 Å². The van der Waals surface area contributed by atoms with Crippen LogP contribution in [0.15, 0.2) is 47.5 Å². The Labute approximate surface area is 170 Å². The molecule has 1 fully saturated rings. The second-order valence-electron chi connectivity index (χ2n) is 8.54. The number of benzene rings is 2. The zero-order valence-corrected chi connectivity index (χ0v) is 15.6. The predicted octanol–water partition coefficient (Wildman–Crippen LogP) is 2.99. The minimum absolute atomic E-state index is 0.159. The van der Waals surface area contributed by atoms with Crippen molar-refractivity contribution < 1.29 is 28.7 Å². The van der Waals surface area contributed by atoms with Gasteiger partial charge in [0, 0.05) is 22.3 Å². The topological polar surface area (TPSA) is 86.7 Å². The minimum Gasteiger partial charge on any atom is -0.393 e. The Morgan fingerprint density at radius 2 is 1.13 bits per heavy atom. The lowest BCUT2D eigenvalue weighted by Gasteiger charge is -2.29. The van der Waals surface area contributed by atoms with Gasteiger partial charge in [0.2, 0.25) is 0 Å². The van der Waals surface area contributed by atoms with Crippen LogP contribution < -0.4 is 0 Å². The van der Waals surface area contributed by atoms with Crippen LogP contribution in [0.25, 0.3) is 0 Å². The van der Waals surface area contributed by atoms with Crippen molar-refractivity contribution in [2.75, 3.05) is 0 Å². The maximum atomic E-state index is 13.1. The lowest BCUT2D eigenvalue weighted by molar-refractivity contribution is -0.153. The summed E-state index contributed by atoms with van der Waals surface area (Å²) in [6, 6.07) is 10.5. The molecule has 2 aromatic carbocycles. The summed E-state index contributed by atoms with van der Waals surface area (Å²) in [5, 5.41) is 0. The Kier molecular flexibility index (Phi) is 2.85. The van der Waals surface area contributed by atoms with Crippen molar-refractivity contribution >= 4 is 23.5 Å². The van der Waals surface area contributed by atoms with Crippen LogP contribution in [0.4, 0.5) is 0 Å². The summed E-state index contributed by atoms with van der Waals surface area (Å²) in [6.45, 7) is 0. The number of fused-ring (bicyclic) bond motifs is 10. The summed E-state index contributed by atoms with van der Waals surface area (Å²) in [6.07, 6.45) is 0.209. The van der Waals surface area contributed by atoms with E-state index in [1.54, 1.807) is 36.4 Å². The third-order valence-corrected chi connectivity index (χ3v) is 7.18. The molecule has 5 aliphatic rings. The van der Waals surface area contributed by atoms with E-state index in [-0.39, 0.29) is 23.8 Å². The van der Waals surface area contributed by atoms with Gasteiger partial charge in [0.05, 0.1) is 11.8 Å². The number of carbonyl (C=O) groups excluding carboxylic acids is 4.